The van der Waals surface area contributed by atoms with E-state index in [1.54, 1.807) is 0 Å². The number of esters is 2. The zero-order valence-corrected chi connectivity index (χ0v) is 37.9. The molecular weight excluding hydrogens is 802 g/mol. The molecule has 1 unspecified atom stereocenters. The van der Waals surface area contributed by atoms with E-state index in [4.69, 9.17) is 23.8 Å². The van der Waals surface area contributed by atoms with Crippen LogP contribution in [0.3, 0.4) is 0 Å². The lowest BCUT2D eigenvalue weighted by Crippen LogP contribution is -2.29. The molecule has 0 heterocycles. The summed E-state index contributed by atoms with van der Waals surface area (Å²) in [5.41, 5.74) is 0. The van der Waals surface area contributed by atoms with Crippen molar-refractivity contribution in [2.45, 2.75) is 180 Å². The first-order valence-electron chi connectivity index (χ1n) is 21.8. The summed E-state index contributed by atoms with van der Waals surface area (Å²) in [5, 5.41) is 19.3. The minimum absolute atomic E-state index is 0.0421. The molecule has 0 aromatic rings. The van der Waals surface area contributed by atoms with Crippen molar-refractivity contribution in [2.24, 2.45) is 5.92 Å². The highest BCUT2D eigenvalue weighted by Crippen LogP contribution is 2.43. The van der Waals surface area contributed by atoms with Gasteiger partial charge in [-0.25, -0.2) is 9.13 Å². The SMILES string of the molecule is CC[C@@H](O)CC/C=C\C/C=C\C/C=C\C/C=C\CCCC(=O)O[C@H](COC(=O)CCCCCCCCCCCCCC(C)C)COP(=O)(O)OC[C@@H](O)COP(=O)(O)O. The van der Waals surface area contributed by atoms with Crippen molar-refractivity contribution in [3.63, 3.8) is 0 Å². The van der Waals surface area contributed by atoms with Crippen molar-refractivity contribution < 1.29 is 66.7 Å². The third-order valence-electron chi connectivity index (χ3n) is 9.05. The standard InChI is InChI=1S/C43H78O14P2/c1-4-39(44)31-27-23-19-15-11-7-5-6-8-12-17-21-25-29-33-43(47)57-41(37-56-59(51,52)55-35-40(45)34-54-58(48,49)50)36-53-42(46)32-28-24-20-16-13-9-10-14-18-22-26-30-38(2)3/h6-8,11,17,19,21,23,38-41,44-45H,4-5,9-10,12-16,18,20,22,24-37H2,1-3H3,(H,51,52)(H2,48,49,50)/b8-6-,11-7-,21-17-,23-19-/t39-,40+,41-/m1/s1. The topological polar surface area (TPSA) is 216 Å². The number of carbonyl (C=O) groups excluding carboxylic acids is 2. The molecule has 0 amide bonds. The maximum Gasteiger partial charge on any atom is 0.472 e. The highest BCUT2D eigenvalue weighted by Gasteiger charge is 2.28. The minimum Gasteiger partial charge on any atom is -0.462 e. The summed E-state index contributed by atoms with van der Waals surface area (Å²) in [7, 11) is -9.70. The Labute approximate surface area is 354 Å². The molecular formula is C43H78O14P2. The summed E-state index contributed by atoms with van der Waals surface area (Å²) in [6.07, 6.45) is 33.5. The molecule has 0 radical (unpaired) electrons. The molecule has 14 nitrogen and oxygen atoms in total. The molecule has 0 spiro atoms. The third-order valence-corrected chi connectivity index (χ3v) is 10.5. The third kappa shape index (κ3) is 42.5. The fourth-order valence-electron chi connectivity index (χ4n) is 5.56. The number of ether oxygens (including phenoxy) is 2. The largest absolute Gasteiger partial charge is 0.472 e. The van der Waals surface area contributed by atoms with Crippen LogP contribution >= 0.6 is 15.6 Å². The lowest BCUT2D eigenvalue weighted by Gasteiger charge is -2.20. The molecule has 0 aromatic heterocycles. The van der Waals surface area contributed by atoms with Gasteiger partial charge in [-0.05, 0) is 63.7 Å². The highest BCUT2D eigenvalue weighted by molar-refractivity contribution is 7.47. The second-order valence-electron chi connectivity index (χ2n) is 15.2. The van der Waals surface area contributed by atoms with Gasteiger partial charge in [0.25, 0.3) is 0 Å². The molecule has 0 bridgehead atoms. The van der Waals surface area contributed by atoms with Crippen LogP contribution in [0.1, 0.15) is 162 Å². The van der Waals surface area contributed by atoms with Gasteiger partial charge >= 0.3 is 27.6 Å². The second-order valence-corrected chi connectivity index (χ2v) is 17.9. The predicted octanol–water partition coefficient (Wildman–Crippen LogP) is 9.89. The maximum absolute atomic E-state index is 12.6. The Morgan fingerprint density at radius 3 is 1.56 bits per heavy atom. The predicted molar refractivity (Wildman–Crippen MR) is 231 cm³/mol. The number of aliphatic hydroxyl groups excluding tert-OH is 2. The van der Waals surface area contributed by atoms with Crippen LogP contribution in [0.5, 0.6) is 0 Å². The summed E-state index contributed by atoms with van der Waals surface area (Å²) in [5.74, 6) is -0.336. The minimum atomic E-state index is -4.87. The Balaban J connectivity index is 4.63. The number of rotatable bonds is 40. The first kappa shape index (κ1) is 57.0. The molecule has 4 atom stereocenters. The van der Waals surface area contributed by atoms with Crippen LogP contribution in [0.25, 0.3) is 0 Å². The van der Waals surface area contributed by atoms with Crippen LogP contribution < -0.4 is 0 Å². The van der Waals surface area contributed by atoms with E-state index in [1.165, 1.54) is 51.4 Å². The monoisotopic (exact) mass is 880 g/mol. The molecule has 344 valence electrons. The molecule has 5 N–H and O–H groups in total. The molecule has 0 fully saturated rings. The van der Waals surface area contributed by atoms with E-state index < -0.39 is 66.2 Å². The van der Waals surface area contributed by atoms with Crippen LogP contribution in [-0.2, 0) is 41.8 Å². The quantitative estimate of drug-likeness (QED) is 0.0168. The number of aliphatic hydroxyl groups is 2. The van der Waals surface area contributed by atoms with Gasteiger partial charge in [-0.1, -0.05) is 140 Å². The Morgan fingerprint density at radius 1 is 0.542 bits per heavy atom. The van der Waals surface area contributed by atoms with Gasteiger partial charge in [0.05, 0.1) is 25.9 Å². The van der Waals surface area contributed by atoms with Crippen molar-refractivity contribution in [3.8, 4) is 0 Å². The molecule has 0 saturated heterocycles. The Bertz CT molecular complexity index is 1260. The number of carbonyl (C=O) groups is 2. The Hall–Kier alpha value is -1.96. The number of hydrogen-bond donors (Lipinski definition) is 5. The molecule has 0 aliphatic carbocycles. The van der Waals surface area contributed by atoms with Crippen LogP contribution in [0.4, 0.5) is 0 Å². The first-order valence-corrected chi connectivity index (χ1v) is 24.8. The fourth-order valence-corrected chi connectivity index (χ4v) is 6.72. The highest BCUT2D eigenvalue weighted by atomic mass is 31.2. The maximum atomic E-state index is 12.6. The van der Waals surface area contributed by atoms with Crippen LogP contribution in [0, 0.1) is 5.92 Å². The van der Waals surface area contributed by atoms with Gasteiger partial charge < -0.3 is 34.4 Å². The lowest BCUT2D eigenvalue weighted by molar-refractivity contribution is -0.161. The van der Waals surface area contributed by atoms with Gasteiger partial charge in [0.2, 0.25) is 0 Å². The van der Waals surface area contributed by atoms with Crippen molar-refractivity contribution >= 4 is 27.6 Å². The van der Waals surface area contributed by atoms with Crippen molar-refractivity contribution in [2.75, 3.05) is 26.4 Å². The van der Waals surface area contributed by atoms with E-state index in [0.29, 0.717) is 19.3 Å². The van der Waals surface area contributed by atoms with E-state index in [2.05, 4.69) is 59.4 Å². The van der Waals surface area contributed by atoms with Crippen molar-refractivity contribution in [1.82, 2.24) is 0 Å². The summed E-state index contributed by atoms with van der Waals surface area (Å²) >= 11 is 0. The van der Waals surface area contributed by atoms with E-state index in [0.717, 1.165) is 63.7 Å². The normalized spacial score (nSPS) is 15.1. The number of unbranched alkanes of at least 4 members (excludes halogenated alkanes) is 11. The number of hydrogen-bond acceptors (Lipinski definition) is 11. The number of allylic oxidation sites excluding steroid dienone is 8. The van der Waals surface area contributed by atoms with Gasteiger partial charge in [0.1, 0.15) is 12.7 Å². The Kier molecular flexibility index (Phi) is 36.5. The first-order chi connectivity index (χ1) is 28.1. The summed E-state index contributed by atoms with van der Waals surface area (Å²) in [6, 6.07) is 0. The van der Waals surface area contributed by atoms with E-state index in [1.807, 2.05) is 19.1 Å². The van der Waals surface area contributed by atoms with Gasteiger partial charge in [-0.15, -0.1) is 0 Å². The van der Waals surface area contributed by atoms with E-state index >= 15 is 0 Å². The zero-order chi connectivity index (χ0) is 44.0. The number of phosphoric ester groups is 2. The zero-order valence-electron chi connectivity index (χ0n) is 36.1. The smallest absolute Gasteiger partial charge is 0.462 e. The van der Waals surface area contributed by atoms with Gasteiger partial charge in [-0.2, -0.15) is 0 Å². The van der Waals surface area contributed by atoms with Crippen LogP contribution in [-0.4, -0.2) is 81.6 Å². The van der Waals surface area contributed by atoms with E-state index in [-0.39, 0.29) is 18.9 Å². The second kappa shape index (κ2) is 37.8. The summed E-state index contributed by atoms with van der Waals surface area (Å²) < 4.78 is 47.7. The van der Waals surface area contributed by atoms with Gasteiger partial charge in [0.15, 0.2) is 6.10 Å². The number of phosphoric acid groups is 2. The van der Waals surface area contributed by atoms with Crippen LogP contribution in [0.15, 0.2) is 48.6 Å². The average Bonchev–Trinajstić information content (AvgIpc) is 3.18. The van der Waals surface area contributed by atoms with Crippen molar-refractivity contribution in [3.05, 3.63) is 48.6 Å². The van der Waals surface area contributed by atoms with E-state index in [9.17, 15) is 33.8 Å². The molecule has 0 aliphatic heterocycles. The molecule has 0 aliphatic rings. The van der Waals surface area contributed by atoms with Gasteiger partial charge in [-0.3, -0.25) is 23.2 Å². The summed E-state index contributed by atoms with van der Waals surface area (Å²) in [6.45, 7) is 3.71. The molecule has 0 saturated carbocycles. The van der Waals surface area contributed by atoms with Gasteiger partial charge in [0, 0.05) is 12.8 Å². The summed E-state index contributed by atoms with van der Waals surface area (Å²) in [4.78, 5) is 52.6. The molecule has 59 heavy (non-hydrogen) atoms. The van der Waals surface area contributed by atoms with Crippen LogP contribution in [0.2, 0.25) is 0 Å². The van der Waals surface area contributed by atoms with Crippen molar-refractivity contribution in [1.29, 1.82) is 0 Å². The Morgan fingerprint density at radius 2 is 1.02 bits per heavy atom. The molecule has 0 rings (SSSR count). The fraction of sp³-hybridized carbons (Fsp3) is 0.767. The molecule has 0 aromatic carbocycles. The average molecular weight is 881 g/mol. The lowest BCUT2D eigenvalue weighted by atomic mass is 10.0. The molecule has 16 heteroatoms.